The number of halogens is 1. The van der Waals surface area contributed by atoms with Crippen LogP contribution < -0.4 is 5.73 Å². The summed E-state index contributed by atoms with van der Waals surface area (Å²) in [6, 6.07) is -1.33. The van der Waals surface area contributed by atoms with E-state index in [1.54, 1.807) is 0 Å². The monoisotopic (exact) mass is 213 g/mol. The van der Waals surface area contributed by atoms with Crippen molar-refractivity contribution >= 4 is 11.6 Å². The van der Waals surface area contributed by atoms with Crippen molar-refractivity contribution in [1.29, 1.82) is 0 Å². The SMILES string of the molecule is N[C@@H]1[C@@H](O)[C@H](O)[C@@H](CO)OC1(O)Cl. The molecule has 1 heterocycles. The predicted molar refractivity (Wildman–Crippen MR) is 42.8 cm³/mol. The number of rotatable bonds is 1. The zero-order valence-electron chi connectivity index (χ0n) is 6.67. The van der Waals surface area contributed by atoms with Crippen LogP contribution >= 0.6 is 11.6 Å². The average molecular weight is 214 g/mol. The first-order valence-electron chi connectivity index (χ1n) is 3.72. The van der Waals surface area contributed by atoms with E-state index in [9.17, 15) is 15.3 Å². The zero-order chi connectivity index (χ0) is 10.2. The Morgan fingerprint density at radius 1 is 1.38 bits per heavy atom. The summed E-state index contributed by atoms with van der Waals surface area (Å²) in [5.41, 5.74) is 5.26. The van der Waals surface area contributed by atoms with Gasteiger partial charge >= 0.3 is 0 Å². The number of aliphatic hydroxyl groups is 4. The van der Waals surface area contributed by atoms with Crippen molar-refractivity contribution in [2.24, 2.45) is 5.73 Å². The Balaban J connectivity index is 2.79. The topological polar surface area (TPSA) is 116 Å². The molecule has 0 spiro atoms. The summed E-state index contributed by atoms with van der Waals surface area (Å²) in [6.07, 6.45) is -3.94. The van der Waals surface area contributed by atoms with Crippen LogP contribution in [0.3, 0.4) is 0 Å². The van der Waals surface area contributed by atoms with Gasteiger partial charge in [0.2, 0.25) is 0 Å². The molecule has 0 radical (unpaired) electrons. The molecule has 6 nitrogen and oxygen atoms in total. The van der Waals surface area contributed by atoms with Crippen molar-refractivity contribution in [3.8, 4) is 0 Å². The predicted octanol–water partition coefficient (Wildman–Crippen LogP) is -2.69. The number of hydrogen-bond donors (Lipinski definition) is 5. The molecule has 1 rings (SSSR count). The van der Waals surface area contributed by atoms with Crippen molar-refractivity contribution in [3.05, 3.63) is 0 Å². The minimum Gasteiger partial charge on any atom is -0.394 e. The van der Waals surface area contributed by atoms with Crippen LogP contribution in [0.25, 0.3) is 0 Å². The van der Waals surface area contributed by atoms with Gasteiger partial charge in [-0.1, -0.05) is 11.6 Å². The Morgan fingerprint density at radius 2 is 1.92 bits per heavy atom. The maximum Gasteiger partial charge on any atom is 0.264 e. The van der Waals surface area contributed by atoms with Gasteiger partial charge in [-0.05, 0) is 0 Å². The molecule has 5 atom stereocenters. The summed E-state index contributed by atoms with van der Waals surface area (Å²) >= 11 is 5.38. The fraction of sp³-hybridized carbons (Fsp3) is 1.00. The molecule has 6 N–H and O–H groups in total. The van der Waals surface area contributed by atoms with E-state index in [-0.39, 0.29) is 0 Å². The van der Waals surface area contributed by atoms with Gasteiger partial charge in [0.15, 0.2) is 0 Å². The van der Waals surface area contributed by atoms with Crippen LogP contribution in [0.1, 0.15) is 0 Å². The lowest BCUT2D eigenvalue weighted by Gasteiger charge is -2.42. The number of hydrogen-bond acceptors (Lipinski definition) is 6. The lowest BCUT2D eigenvalue weighted by Crippen LogP contribution is -2.66. The van der Waals surface area contributed by atoms with Gasteiger partial charge in [0, 0.05) is 0 Å². The fourth-order valence-electron chi connectivity index (χ4n) is 1.15. The molecule has 0 aromatic heterocycles. The molecule has 0 saturated carbocycles. The molecular formula is C6H12ClNO5. The Bertz CT molecular complexity index is 188. The van der Waals surface area contributed by atoms with Crippen molar-refractivity contribution in [2.75, 3.05) is 6.61 Å². The molecule has 0 amide bonds. The first-order chi connectivity index (χ1) is 5.90. The highest BCUT2D eigenvalue weighted by Crippen LogP contribution is 2.29. The molecule has 0 aromatic carbocycles. The summed E-state index contributed by atoms with van der Waals surface area (Å²) in [4.78, 5) is 0. The Labute approximate surface area is 79.5 Å². The summed E-state index contributed by atoms with van der Waals surface area (Å²) in [6.45, 7) is -0.569. The molecule has 13 heavy (non-hydrogen) atoms. The van der Waals surface area contributed by atoms with E-state index < -0.39 is 36.2 Å². The smallest absolute Gasteiger partial charge is 0.264 e. The molecule has 7 heteroatoms. The number of nitrogens with two attached hydrogens (primary N) is 1. The molecule has 1 aliphatic rings. The van der Waals surface area contributed by atoms with Gasteiger partial charge in [0.1, 0.15) is 24.4 Å². The molecule has 0 aliphatic carbocycles. The minimum atomic E-state index is -2.26. The molecule has 0 bridgehead atoms. The molecule has 1 fully saturated rings. The second-order valence-electron chi connectivity index (χ2n) is 2.95. The van der Waals surface area contributed by atoms with Gasteiger partial charge in [-0.25, -0.2) is 0 Å². The van der Waals surface area contributed by atoms with E-state index in [1.165, 1.54) is 0 Å². The van der Waals surface area contributed by atoms with Crippen molar-refractivity contribution in [2.45, 2.75) is 29.6 Å². The van der Waals surface area contributed by atoms with Crippen LogP contribution in [-0.4, -0.2) is 56.6 Å². The normalized spacial score (nSPS) is 52.2. The third-order valence-electron chi connectivity index (χ3n) is 2.01. The molecule has 1 unspecified atom stereocenters. The standard InChI is InChI=1S/C6H12ClNO5/c7-6(12)5(8)4(11)3(10)2(1-9)13-6/h2-5,9-12H,1,8H2/t2-,3-,4+,5-,6?/m1/s1. The first kappa shape index (κ1) is 11.1. The minimum absolute atomic E-state index is 0.569. The highest BCUT2D eigenvalue weighted by Gasteiger charge is 2.50. The molecule has 0 aromatic rings. The second-order valence-corrected chi connectivity index (χ2v) is 3.50. The van der Waals surface area contributed by atoms with Crippen LogP contribution in [0.2, 0.25) is 0 Å². The summed E-state index contributed by atoms with van der Waals surface area (Å²) < 4.78 is 4.65. The second kappa shape index (κ2) is 3.66. The van der Waals surface area contributed by atoms with E-state index >= 15 is 0 Å². The van der Waals surface area contributed by atoms with Crippen LogP contribution in [0.5, 0.6) is 0 Å². The quantitative estimate of drug-likeness (QED) is 0.303. The van der Waals surface area contributed by atoms with Gasteiger partial charge in [-0.3, -0.25) is 0 Å². The van der Waals surface area contributed by atoms with Gasteiger partial charge < -0.3 is 30.9 Å². The van der Waals surface area contributed by atoms with Crippen molar-refractivity contribution in [3.63, 3.8) is 0 Å². The maximum atomic E-state index is 9.27. The molecular weight excluding hydrogens is 202 g/mol. The fourth-order valence-corrected chi connectivity index (χ4v) is 1.39. The summed E-state index contributed by atoms with van der Waals surface area (Å²) in [7, 11) is 0. The van der Waals surface area contributed by atoms with E-state index in [0.717, 1.165) is 0 Å². The van der Waals surface area contributed by atoms with Gasteiger partial charge in [-0.15, -0.1) is 0 Å². The van der Waals surface area contributed by atoms with Crippen LogP contribution in [0.4, 0.5) is 0 Å². The van der Waals surface area contributed by atoms with Crippen molar-refractivity contribution in [1.82, 2.24) is 0 Å². The first-order valence-corrected chi connectivity index (χ1v) is 4.09. The lowest BCUT2D eigenvalue weighted by molar-refractivity contribution is -0.272. The highest BCUT2D eigenvalue weighted by atomic mass is 35.5. The third-order valence-corrected chi connectivity index (χ3v) is 2.35. The van der Waals surface area contributed by atoms with Gasteiger partial charge in [0.05, 0.1) is 6.61 Å². The average Bonchev–Trinajstić information content (AvgIpc) is 2.08. The van der Waals surface area contributed by atoms with Crippen LogP contribution in [0.15, 0.2) is 0 Å². The number of alkyl halides is 1. The maximum absolute atomic E-state index is 9.27. The number of ether oxygens (including phenoxy) is 1. The molecule has 1 aliphatic heterocycles. The van der Waals surface area contributed by atoms with E-state index in [0.29, 0.717) is 0 Å². The van der Waals surface area contributed by atoms with Crippen LogP contribution in [0, 0.1) is 0 Å². The van der Waals surface area contributed by atoms with Crippen molar-refractivity contribution < 1.29 is 25.2 Å². The van der Waals surface area contributed by atoms with E-state index in [2.05, 4.69) is 4.74 Å². The van der Waals surface area contributed by atoms with E-state index in [4.69, 9.17) is 22.4 Å². The Hall–Kier alpha value is 0.0500. The largest absolute Gasteiger partial charge is 0.394 e. The molecule has 1 saturated heterocycles. The van der Waals surface area contributed by atoms with E-state index in [1.807, 2.05) is 0 Å². The Morgan fingerprint density at radius 3 is 2.38 bits per heavy atom. The molecule has 78 valence electrons. The lowest BCUT2D eigenvalue weighted by atomic mass is 9.98. The van der Waals surface area contributed by atoms with Gasteiger partial charge in [0.25, 0.3) is 5.25 Å². The van der Waals surface area contributed by atoms with Gasteiger partial charge in [-0.2, -0.15) is 0 Å². The number of aliphatic hydroxyl groups excluding tert-OH is 3. The zero-order valence-corrected chi connectivity index (χ0v) is 7.42. The highest BCUT2D eigenvalue weighted by molar-refractivity contribution is 6.22. The summed E-state index contributed by atoms with van der Waals surface area (Å²) in [5.74, 6) is 0. The third kappa shape index (κ3) is 1.94. The summed E-state index contributed by atoms with van der Waals surface area (Å²) in [5, 5.41) is 34.2. The van der Waals surface area contributed by atoms with Crippen LogP contribution in [-0.2, 0) is 4.74 Å². The Kier molecular flexibility index (Phi) is 3.13.